The SMILES string of the molecule is CNCCc1c(C)ccc(C(C)(C)C)c1OC. The lowest BCUT2D eigenvalue weighted by atomic mass is 9.83. The third kappa shape index (κ3) is 3.22. The highest BCUT2D eigenvalue weighted by molar-refractivity contribution is 5.49. The number of rotatable bonds is 4. The zero-order valence-electron chi connectivity index (χ0n) is 12.0. The van der Waals surface area contributed by atoms with Gasteiger partial charge in [0, 0.05) is 0 Å². The second-order valence-corrected chi connectivity index (χ2v) is 5.55. The fourth-order valence-corrected chi connectivity index (χ4v) is 2.11. The predicted molar refractivity (Wildman–Crippen MR) is 74.1 cm³/mol. The van der Waals surface area contributed by atoms with E-state index in [2.05, 4.69) is 45.1 Å². The molecular formula is C15H25NO. The van der Waals surface area contributed by atoms with Gasteiger partial charge in [0.2, 0.25) is 0 Å². The number of likely N-dealkylation sites (N-methyl/N-ethyl adjacent to an activating group) is 1. The van der Waals surface area contributed by atoms with Gasteiger partial charge in [-0.15, -0.1) is 0 Å². The van der Waals surface area contributed by atoms with Crippen molar-refractivity contribution in [2.24, 2.45) is 0 Å². The normalized spacial score (nSPS) is 11.6. The molecule has 0 bridgehead atoms. The van der Waals surface area contributed by atoms with Crippen molar-refractivity contribution in [3.05, 3.63) is 28.8 Å². The van der Waals surface area contributed by atoms with E-state index < -0.39 is 0 Å². The molecule has 0 aliphatic carbocycles. The van der Waals surface area contributed by atoms with Crippen LogP contribution >= 0.6 is 0 Å². The van der Waals surface area contributed by atoms with E-state index in [1.165, 1.54) is 16.7 Å². The number of hydrogen-bond donors (Lipinski definition) is 1. The Labute approximate surface area is 105 Å². The number of nitrogens with one attached hydrogen (secondary N) is 1. The number of methoxy groups -OCH3 is 1. The van der Waals surface area contributed by atoms with Gasteiger partial charge >= 0.3 is 0 Å². The number of hydrogen-bond acceptors (Lipinski definition) is 2. The molecule has 0 aliphatic heterocycles. The van der Waals surface area contributed by atoms with Gasteiger partial charge in [0.25, 0.3) is 0 Å². The summed E-state index contributed by atoms with van der Waals surface area (Å²) >= 11 is 0. The molecule has 2 heteroatoms. The first-order valence-corrected chi connectivity index (χ1v) is 6.23. The number of aryl methyl sites for hydroxylation is 1. The minimum Gasteiger partial charge on any atom is -0.496 e. The van der Waals surface area contributed by atoms with Gasteiger partial charge in [-0.1, -0.05) is 32.9 Å². The molecule has 1 N–H and O–H groups in total. The lowest BCUT2D eigenvalue weighted by Gasteiger charge is -2.25. The average molecular weight is 235 g/mol. The van der Waals surface area contributed by atoms with Crippen molar-refractivity contribution < 1.29 is 4.74 Å². The van der Waals surface area contributed by atoms with E-state index >= 15 is 0 Å². The van der Waals surface area contributed by atoms with Crippen LogP contribution in [0, 0.1) is 6.92 Å². The summed E-state index contributed by atoms with van der Waals surface area (Å²) in [7, 11) is 3.75. The van der Waals surface area contributed by atoms with Gasteiger partial charge in [-0.25, -0.2) is 0 Å². The minimum absolute atomic E-state index is 0.118. The molecule has 1 rings (SSSR count). The van der Waals surface area contributed by atoms with Crippen molar-refractivity contribution >= 4 is 0 Å². The summed E-state index contributed by atoms with van der Waals surface area (Å²) in [6, 6.07) is 4.39. The van der Waals surface area contributed by atoms with Crippen LogP contribution in [0.5, 0.6) is 5.75 Å². The Balaban J connectivity index is 3.26. The molecule has 0 saturated heterocycles. The lowest BCUT2D eigenvalue weighted by molar-refractivity contribution is 0.392. The van der Waals surface area contributed by atoms with E-state index in [1.54, 1.807) is 7.11 Å². The van der Waals surface area contributed by atoms with Gasteiger partial charge < -0.3 is 10.1 Å². The Kier molecular flexibility index (Phi) is 4.58. The van der Waals surface area contributed by atoms with Crippen LogP contribution in [0.25, 0.3) is 0 Å². The topological polar surface area (TPSA) is 21.3 Å². The van der Waals surface area contributed by atoms with Crippen LogP contribution in [0.15, 0.2) is 12.1 Å². The maximum absolute atomic E-state index is 5.65. The summed E-state index contributed by atoms with van der Waals surface area (Å²) in [6.45, 7) is 9.80. The molecule has 1 aromatic carbocycles. The van der Waals surface area contributed by atoms with Crippen molar-refractivity contribution in [1.29, 1.82) is 0 Å². The van der Waals surface area contributed by atoms with Gasteiger partial charge in [-0.05, 0) is 49.0 Å². The van der Waals surface area contributed by atoms with Gasteiger partial charge in [-0.2, -0.15) is 0 Å². The van der Waals surface area contributed by atoms with Gasteiger partial charge in [0.1, 0.15) is 5.75 Å². The van der Waals surface area contributed by atoms with Crippen LogP contribution in [0.4, 0.5) is 0 Å². The first-order chi connectivity index (χ1) is 7.91. The molecule has 0 spiro atoms. The summed E-state index contributed by atoms with van der Waals surface area (Å²) in [6.07, 6.45) is 1.01. The van der Waals surface area contributed by atoms with Crippen LogP contribution in [-0.2, 0) is 11.8 Å². The summed E-state index contributed by atoms with van der Waals surface area (Å²) < 4.78 is 5.65. The van der Waals surface area contributed by atoms with E-state index in [0.717, 1.165) is 18.7 Å². The van der Waals surface area contributed by atoms with E-state index in [9.17, 15) is 0 Å². The molecular weight excluding hydrogens is 210 g/mol. The number of benzene rings is 1. The molecule has 0 saturated carbocycles. The monoisotopic (exact) mass is 235 g/mol. The van der Waals surface area contributed by atoms with E-state index in [-0.39, 0.29) is 5.41 Å². The van der Waals surface area contributed by atoms with Crippen molar-refractivity contribution in [2.75, 3.05) is 20.7 Å². The van der Waals surface area contributed by atoms with Crippen molar-refractivity contribution in [1.82, 2.24) is 5.32 Å². The smallest absolute Gasteiger partial charge is 0.126 e. The third-order valence-corrected chi connectivity index (χ3v) is 3.13. The molecule has 0 fully saturated rings. The van der Waals surface area contributed by atoms with Gasteiger partial charge in [0.05, 0.1) is 7.11 Å². The minimum atomic E-state index is 0.118. The van der Waals surface area contributed by atoms with E-state index in [0.29, 0.717) is 0 Å². The van der Waals surface area contributed by atoms with E-state index in [4.69, 9.17) is 4.74 Å². The fraction of sp³-hybridized carbons (Fsp3) is 0.600. The Morgan fingerprint density at radius 2 is 1.88 bits per heavy atom. The average Bonchev–Trinajstić information content (AvgIpc) is 2.25. The van der Waals surface area contributed by atoms with Crippen LogP contribution in [0.3, 0.4) is 0 Å². The molecule has 0 aromatic heterocycles. The highest BCUT2D eigenvalue weighted by atomic mass is 16.5. The zero-order chi connectivity index (χ0) is 13.1. The Morgan fingerprint density at radius 3 is 2.35 bits per heavy atom. The van der Waals surface area contributed by atoms with Gasteiger partial charge in [0.15, 0.2) is 0 Å². The van der Waals surface area contributed by atoms with Crippen molar-refractivity contribution in [2.45, 2.75) is 39.5 Å². The summed E-state index contributed by atoms with van der Waals surface area (Å²) in [4.78, 5) is 0. The molecule has 0 radical (unpaired) electrons. The molecule has 1 aromatic rings. The Hall–Kier alpha value is -1.02. The quantitative estimate of drug-likeness (QED) is 0.866. The molecule has 0 atom stereocenters. The molecule has 0 heterocycles. The molecule has 17 heavy (non-hydrogen) atoms. The van der Waals surface area contributed by atoms with Gasteiger partial charge in [-0.3, -0.25) is 0 Å². The predicted octanol–water partition coefficient (Wildman–Crippen LogP) is 3.06. The third-order valence-electron chi connectivity index (χ3n) is 3.13. The molecule has 0 aliphatic rings. The highest BCUT2D eigenvalue weighted by Gasteiger charge is 2.21. The summed E-state index contributed by atoms with van der Waals surface area (Å²) in [5.41, 5.74) is 4.05. The standard InChI is InChI=1S/C15H25NO/c1-11-7-8-13(15(2,3)4)14(17-6)12(11)9-10-16-5/h7-8,16H,9-10H2,1-6H3. The highest BCUT2D eigenvalue weighted by Crippen LogP contribution is 2.35. The van der Waals surface area contributed by atoms with Crippen LogP contribution < -0.4 is 10.1 Å². The first-order valence-electron chi connectivity index (χ1n) is 6.23. The second kappa shape index (κ2) is 5.54. The maximum atomic E-state index is 5.65. The Morgan fingerprint density at radius 1 is 1.24 bits per heavy atom. The lowest BCUT2D eigenvalue weighted by Crippen LogP contribution is -2.17. The molecule has 2 nitrogen and oxygen atoms in total. The Bertz CT molecular complexity index is 377. The maximum Gasteiger partial charge on any atom is 0.126 e. The second-order valence-electron chi connectivity index (χ2n) is 5.55. The zero-order valence-corrected chi connectivity index (χ0v) is 12.0. The van der Waals surface area contributed by atoms with Crippen molar-refractivity contribution in [3.63, 3.8) is 0 Å². The van der Waals surface area contributed by atoms with Crippen molar-refractivity contribution in [3.8, 4) is 5.75 Å². The van der Waals surface area contributed by atoms with E-state index in [1.807, 2.05) is 7.05 Å². The summed E-state index contributed by atoms with van der Waals surface area (Å²) in [5.74, 6) is 1.06. The number of ether oxygens (including phenoxy) is 1. The van der Waals surface area contributed by atoms with Crippen LogP contribution in [-0.4, -0.2) is 20.7 Å². The fourth-order valence-electron chi connectivity index (χ4n) is 2.11. The largest absolute Gasteiger partial charge is 0.496 e. The molecule has 0 unspecified atom stereocenters. The van der Waals surface area contributed by atoms with Crippen LogP contribution in [0.2, 0.25) is 0 Å². The van der Waals surface area contributed by atoms with Crippen LogP contribution in [0.1, 0.15) is 37.5 Å². The summed E-state index contributed by atoms with van der Waals surface area (Å²) in [5, 5.41) is 3.20. The first kappa shape index (κ1) is 14.0. The molecule has 96 valence electrons. The molecule has 0 amide bonds.